The van der Waals surface area contributed by atoms with Crippen LogP contribution in [0.3, 0.4) is 0 Å². The van der Waals surface area contributed by atoms with E-state index in [0.717, 1.165) is 31.4 Å². The molecule has 0 unspecified atom stereocenters. The summed E-state index contributed by atoms with van der Waals surface area (Å²) in [6.45, 7) is 3.96. The number of unbranched alkanes of at least 4 members (excludes halogenated alkanes) is 1. The van der Waals surface area contributed by atoms with Crippen LogP contribution < -0.4 is 4.74 Å². The highest BCUT2D eigenvalue weighted by Crippen LogP contribution is 2.39. The molecule has 6 heteroatoms. The van der Waals surface area contributed by atoms with Crippen molar-refractivity contribution in [1.29, 1.82) is 0 Å². The van der Waals surface area contributed by atoms with Gasteiger partial charge in [0.2, 0.25) is 0 Å². The van der Waals surface area contributed by atoms with Crippen LogP contribution >= 0.6 is 0 Å². The monoisotopic (exact) mass is 436 g/mol. The molecule has 1 aliphatic heterocycles. The Morgan fingerprint density at radius 3 is 2.34 bits per heavy atom. The Morgan fingerprint density at radius 1 is 1.03 bits per heavy atom. The molecule has 1 fully saturated rings. The third kappa shape index (κ3) is 5.37. The molecule has 1 aliphatic rings. The van der Waals surface area contributed by atoms with E-state index in [1.165, 1.54) is 0 Å². The van der Waals surface area contributed by atoms with Crippen LogP contribution in [0, 0.1) is 0 Å². The van der Waals surface area contributed by atoms with E-state index < -0.39 is 17.7 Å². The molecule has 2 aromatic rings. The summed E-state index contributed by atoms with van der Waals surface area (Å²) in [6, 6.07) is 15.8. The van der Waals surface area contributed by atoms with Gasteiger partial charge in [-0.25, -0.2) is 0 Å². The van der Waals surface area contributed by atoms with Gasteiger partial charge in [0.1, 0.15) is 11.5 Å². The van der Waals surface area contributed by atoms with Gasteiger partial charge in [0, 0.05) is 12.1 Å². The second-order valence-corrected chi connectivity index (χ2v) is 8.29. The number of hydrogen-bond acceptors (Lipinski definition) is 5. The second kappa shape index (κ2) is 11.0. The second-order valence-electron chi connectivity index (χ2n) is 8.29. The Hall–Kier alpha value is -3.12. The Balaban J connectivity index is 1.95. The normalized spacial score (nSPS) is 17.9. The fourth-order valence-corrected chi connectivity index (χ4v) is 3.85. The average Bonchev–Trinajstić information content (AvgIpc) is 3.04. The minimum absolute atomic E-state index is 0.130. The van der Waals surface area contributed by atoms with E-state index in [2.05, 4.69) is 6.92 Å². The van der Waals surface area contributed by atoms with Crippen molar-refractivity contribution in [2.24, 2.45) is 0 Å². The molecule has 32 heavy (non-hydrogen) atoms. The van der Waals surface area contributed by atoms with E-state index >= 15 is 0 Å². The minimum atomic E-state index is -0.649. The highest BCUT2D eigenvalue weighted by molar-refractivity contribution is 6.46. The molecule has 0 aliphatic carbocycles. The third-order valence-corrected chi connectivity index (χ3v) is 5.55. The molecule has 1 amide bonds. The number of rotatable bonds is 10. The van der Waals surface area contributed by atoms with Gasteiger partial charge in [-0.1, -0.05) is 43.7 Å². The van der Waals surface area contributed by atoms with Crippen LogP contribution in [0.25, 0.3) is 5.76 Å². The molecule has 0 saturated carbocycles. The molecule has 1 heterocycles. The number of carbonyl (C=O) groups is 2. The lowest BCUT2D eigenvalue weighted by Gasteiger charge is -2.26. The molecule has 2 aromatic carbocycles. The molecule has 1 atom stereocenters. The first-order valence-electron chi connectivity index (χ1n) is 11.1. The smallest absolute Gasteiger partial charge is 0.295 e. The Bertz CT molecular complexity index is 952. The van der Waals surface area contributed by atoms with Crippen LogP contribution in [-0.2, 0) is 9.59 Å². The van der Waals surface area contributed by atoms with E-state index in [0.29, 0.717) is 24.5 Å². The van der Waals surface area contributed by atoms with Gasteiger partial charge in [0.15, 0.2) is 0 Å². The number of benzene rings is 2. The van der Waals surface area contributed by atoms with Crippen molar-refractivity contribution in [3.63, 3.8) is 0 Å². The lowest BCUT2D eigenvalue weighted by Crippen LogP contribution is -2.32. The number of ether oxygens (including phenoxy) is 1. The van der Waals surface area contributed by atoms with Gasteiger partial charge in [-0.3, -0.25) is 9.59 Å². The van der Waals surface area contributed by atoms with Gasteiger partial charge in [-0.05, 0) is 63.3 Å². The average molecular weight is 437 g/mol. The van der Waals surface area contributed by atoms with Gasteiger partial charge >= 0.3 is 0 Å². The van der Waals surface area contributed by atoms with Crippen LogP contribution in [-0.4, -0.2) is 60.4 Å². The van der Waals surface area contributed by atoms with Gasteiger partial charge in [-0.2, -0.15) is 0 Å². The van der Waals surface area contributed by atoms with Crippen molar-refractivity contribution in [2.75, 3.05) is 33.8 Å². The van der Waals surface area contributed by atoms with Gasteiger partial charge in [0.25, 0.3) is 11.7 Å². The molecule has 0 bridgehead atoms. The lowest BCUT2D eigenvalue weighted by atomic mass is 9.95. The van der Waals surface area contributed by atoms with Crippen molar-refractivity contribution < 1.29 is 19.4 Å². The van der Waals surface area contributed by atoms with Crippen LogP contribution in [0.15, 0.2) is 60.2 Å². The van der Waals surface area contributed by atoms with E-state index in [9.17, 15) is 14.7 Å². The van der Waals surface area contributed by atoms with Crippen LogP contribution in [0.5, 0.6) is 5.75 Å². The van der Waals surface area contributed by atoms with E-state index in [1.807, 2.05) is 49.3 Å². The Kier molecular flexibility index (Phi) is 8.06. The summed E-state index contributed by atoms with van der Waals surface area (Å²) in [5.74, 6) is -0.672. The van der Waals surface area contributed by atoms with Gasteiger partial charge in [-0.15, -0.1) is 0 Å². The number of nitrogens with zero attached hydrogens (tertiary/aromatic N) is 2. The maximum Gasteiger partial charge on any atom is 0.295 e. The number of carbonyl (C=O) groups excluding carboxylic acids is 2. The number of likely N-dealkylation sites (tertiary alicyclic amines) is 1. The first-order chi connectivity index (χ1) is 15.4. The summed E-state index contributed by atoms with van der Waals surface area (Å²) in [5, 5.41) is 11.1. The molecule has 3 rings (SSSR count). The number of Topliss-reactive ketones (excluding diaryl/α,β-unsaturated/α-hetero) is 1. The van der Waals surface area contributed by atoms with Crippen molar-refractivity contribution in [3.05, 3.63) is 71.3 Å². The number of aliphatic hydroxyl groups is 1. The molecule has 6 nitrogen and oxygen atoms in total. The SMILES string of the molecule is CCCCOc1ccc(/C(O)=C2\C(=O)C(=O)N(CCCN(C)C)[C@H]2c2ccccc2)cc1. The predicted molar refractivity (Wildman–Crippen MR) is 125 cm³/mol. The van der Waals surface area contributed by atoms with E-state index in [1.54, 1.807) is 29.2 Å². The van der Waals surface area contributed by atoms with E-state index in [4.69, 9.17) is 4.74 Å². The fraction of sp³-hybridized carbons (Fsp3) is 0.385. The predicted octanol–water partition coefficient (Wildman–Crippen LogP) is 4.24. The zero-order chi connectivity index (χ0) is 23.1. The van der Waals surface area contributed by atoms with Crippen molar-refractivity contribution in [1.82, 2.24) is 9.80 Å². The van der Waals surface area contributed by atoms with E-state index in [-0.39, 0.29) is 11.3 Å². The number of ketones is 1. The molecule has 0 aromatic heterocycles. The Morgan fingerprint density at radius 2 is 1.72 bits per heavy atom. The summed E-state index contributed by atoms with van der Waals surface area (Å²) in [4.78, 5) is 29.5. The lowest BCUT2D eigenvalue weighted by molar-refractivity contribution is -0.139. The minimum Gasteiger partial charge on any atom is -0.507 e. The molecule has 1 N–H and O–H groups in total. The summed E-state index contributed by atoms with van der Waals surface area (Å²) < 4.78 is 5.68. The number of hydrogen-bond donors (Lipinski definition) is 1. The van der Waals surface area contributed by atoms with Crippen molar-refractivity contribution in [2.45, 2.75) is 32.2 Å². The maximum absolute atomic E-state index is 13.0. The third-order valence-electron chi connectivity index (χ3n) is 5.55. The summed E-state index contributed by atoms with van der Waals surface area (Å²) >= 11 is 0. The first kappa shape index (κ1) is 23.5. The van der Waals surface area contributed by atoms with Gasteiger partial charge in [0.05, 0.1) is 18.2 Å². The fourth-order valence-electron chi connectivity index (χ4n) is 3.85. The van der Waals surface area contributed by atoms with Crippen molar-refractivity contribution >= 4 is 17.4 Å². The quantitative estimate of drug-likeness (QED) is 0.261. The molecule has 170 valence electrons. The van der Waals surface area contributed by atoms with Crippen LogP contribution in [0.1, 0.15) is 43.4 Å². The Labute approximate surface area is 190 Å². The molecular weight excluding hydrogens is 404 g/mol. The molecule has 1 saturated heterocycles. The molecular formula is C26H32N2O4. The molecule has 0 radical (unpaired) electrons. The topological polar surface area (TPSA) is 70.1 Å². The highest BCUT2D eigenvalue weighted by atomic mass is 16.5. The maximum atomic E-state index is 13.0. The molecule has 0 spiro atoms. The highest BCUT2D eigenvalue weighted by Gasteiger charge is 2.45. The summed E-state index contributed by atoms with van der Waals surface area (Å²) in [5.41, 5.74) is 1.42. The standard InChI is InChI=1S/C26H32N2O4/c1-4-5-18-32-21-14-12-20(13-15-21)24(29)22-23(19-10-7-6-8-11-19)28(26(31)25(22)30)17-9-16-27(2)3/h6-8,10-15,23,29H,4-5,9,16-18H2,1-3H3/b24-22+/t23-/m0/s1. The zero-order valence-corrected chi connectivity index (χ0v) is 19.1. The number of amides is 1. The zero-order valence-electron chi connectivity index (χ0n) is 19.1. The van der Waals surface area contributed by atoms with Crippen LogP contribution in [0.2, 0.25) is 0 Å². The van der Waals surface area contributed by atoms with Crippen molar-refractivity contribution in [3.8, 4) is 5.75 Å². The number of aliphatic hydroxyl groups excluding tert-OH is 1. The first-order valence-corrected chi connectivity index (χ1v) is 11.1. The largest absolute Gasteiger partial charge is 0.507 e. The summed E-state index contributed by atoms with van der Waals surface area (Å²) in [7, 11) is 3.94. The van der Waals surface area contributed by atoms with Crippen LogP contribution in [0.4, 0.5) is 0 Å². The van der Waals surface area contributed by atoms with Gasteiger partial charge < -0.3 is 19.6 Å². The summed E-state index contributed by atoms with van der Waals surface area (Å²) in [6.07, 6.45) is 2.75.